The van der Waals surface area contributed by atoms with E-state index in [-0.39, 0.29) is 35.7 Å². The molecule has 1 fully saturated rings. The number of piperidine rings is 1. The van der Waals surface area contributed by atoms with Gasteiger partial charge >= 0.3 is 0 Å². The second-order valence-electron chi connectivity index (χ2n) is 6.86. The Kier molecular flexibility index (Phi) is 9.37. The van der Waals surface area contributed by atoms with Gasteiger partial charge in [0.05, 0.1) is 0 Å². The molecule has 7 heteroatoms. The van der Waals surface area contributed by atoms with E-state index in [1.165, 1.54) is 6.07 Å². The van der Waals surface area contributed by atoms with Crippen LogP contribution in [0.1, 0.15) is 30.4 Å². The first kappa shape index (κ1) is 23.1. The van der Waals surface area contributed by atoms with E-state index in [4.69, 9.17) is 0 Å². The van der Waals surface area contributed by atoms with E-state index in [0.717, 1.165) is 30.6 Å². The summed E-state index contributed by atoms with van der Waals surface area (Å²) in [7, 11) is 1.71. The summed E-state index contributed by atoms with van der Waals surface area (Å²) in [4.78, 5) is 18.1. The lowest BCUT2D eigenvalue weighted by Crippen LogP contribution is -2.38. The fourth-order valence-electron chi connectivity index (χ4n) is 3.30. The first-order valence-corrected chi connectivity index (χ1v) is 9.74. The largest absolute Gasteiger partial charge is 0.356 e. The zero-order valence-electron chi connectivity index (χ0n) is 16.7. The lowest BCUT2D eigenvalue weighted by molar-refractivity contribution is -0.119. The van der Waals surface area contributed by atoms with Gasteiger partial charge in [-0.3, -0.25) is 9.79 Å². The number of nitrogens with one attached hydrogen (secondary N) is 2. The van der Waals surface area contributed by atoms with E-state index in [0.29, 0.717) is 37.5 Å². The molecular weight excluding hydrogens is 482 g/mol. The van der Waals surface area contributed by atoms with Crippen molar-refractivity contribution >= 4 is 41.5 Å². The van der Waals surface area contributed by atoms with Gasteiger partial charge in [0, 0.05) is 38.8 Å². The van der Waals surface area contributed by atoms with E-state index in [1.807, 2.05) is 35.2 Å². The van der Waals surface area contributed by atoms with Crippen LogP contribution in [-0.4, -0.2) is 32.0 Å². The Balaban J connectivity index is 0.00000300. The molecule has 1 heterocycles. The number of rotatable bonds is 6. The highest BCUT2D eigenvalue weighted by atomic mass is 127. The molecule has 0 saturated carbocycles. The predicted octanol–water partition coefficient (Wildman–Crippen LogP) is 3.87. The van der Waals surface area contributed by atoms with Crippen LogP contribution in [0.25, 0.3) is 0 Å². The zero-order valence-corrected chi connectivity index (χ0v) is 19.0. The van der Waals surface area contributed by atoms with E-state index < -0.39 is 0 Å². The number of carbonyl (C=O) groups is 1. The number of hydrogen-bond acceptors (Lipinski definition) is 2. The molecule has 0 unspecified atom stereocenters. The van der Waals surface area contributed by atoms with Gasteiger partial charge in [-0.05, 0) is 48.6 Å². The topological polar surface area (TPSA) is 56.7 Å². The summed E-state index contributed by atoms with van der Waals surface area (Å²) in [6, 6.07) is 14.8. The van der Waals surface area contributed by atoms with Crippen molar-refractivity contribution in [3.8, 4) is 0 Å². The molecule has 1 aliphatic heterocycles. The van der Waals surface area contributed by atoms with Crippen molar-refractivity contribution in [3.63, 3.8) is 0 Å². The first-order chi connectivity index (χ1) is 13.7. The highest BCUT2D eigenvalue weighted by molar-refractivity contribution is 14.0. The SMILES string of the molecule is CN=C(NCCc1ccccc1F)NCc1ccc(N2CCCCC2=O)cc1.I. The first-order valence-electron chi connectivity index (χ1n) is 9.74. The van der Waals surface area contributed by atoms with E-state index >= 15 is 0 Å². The minimum absolute atomic E-state index is 0. The van der Waals surface area contributed by atoms with Gasteiger partial charge in [-0.2, -0.15) is 0 Å². The molecule has 0 aromatic heterocycles. The summed E-state index contributed by atoms with van der Waals surface area (Å²) < 4.78 is 13.7. The van der Waals surface area contributed by atoms with Gasteiger partial charge in [-0.1, -0.05) is 30.3 Å². The van der Waals surface area contributed by atoms with Gasteiger partial charge in [-0.25, -0.2) is 4.39 Å². The smallest absolute Gasteiger partial charge is 0.226 e. The number of anilines is 1. The summed E-state index contributed by atoms with van der Waals surface area (Å²) in [5.74, 6) is 0.697. The second kappa shape index (κ2) is 11.7. The minimum atomic E-state index is -0.181. The van der Waals surface area contributed by atoms with Crippen LogP contribution >= 0.6 is 24.0 Å². The summed E-state index contributed by atoms with van der Waals surface area (Å²) in [6.07, 6.45) is 3.27. The molecule has 29 heavy (non-hydrogen) atoms. The Morgan fingerprint density at radius 2 is 1.86 bits per heavy atom. The number of hydrogen-bond donors (Lipinski definition) is 2. The van der Waals surface area contributed by atoms with Crippen molar-refractivity contribution < 1.29 is 9.18 Å². The molecule has 1 saturated heterocycles. The maximum atomic E-state index is 13.7. The van der Waals surface area contributed by atoms with Crippen LogP contribution in [0.3, 0.4) is 0 Å². The predicted molar refractivity (Wildman–Crippen MR) is 126 cm³/mol. The Hall–Kier alpha value is -2.16. The monoisotopic (exact) mass is 510 g/mol. The minimum Gasteiger partial charge on any atom is -0.356 e. The van der Waals surface area contributed by atoms with Crippen molar-refractivity contribution in [2.45, 2.75) is 32.2 Å². The molecule has 1 amide bonds. The number of carbonyl (C=O) groups excluding carboxylic acids is 1. The fourth-order valence-corrected chi connectivity index (χ4v) is 3.30. The normalized spacial score (nSPS) is 14.3. The molecule has 0 spiro atoms. The summed E-state index contributed by atoms with van der Waals surface area (Å²) in [6.45, 7) is 2.01. The molecule has 1 aliphatic rings. The van der Waals surface area contributed by atoms with Crippen LogP contribution in [0.15, 0.2) is 53.5 Å². The standard InChI is InChI=1S/C22H27FN4O.HI/c1-24-22(25-14-13-18-6-2-3-7-20(18)23)26-16-17-9-11-19(12-10-17)27-15-5-4-8-21(27)28;/h2-3,6-7,9-12H,4-5,8,13-16H2,1H3,(H2,24,25,26);1H. The third-order valence-corrected chi connectivity index (χ3v) is 4.90. The molecule has 0 radical (unpaired) electrons. The van der Waals surface area contributed by atoms with E-state index in [9.17, 15) is 9.18 Å². The molecular formula is C22H28FIN4O. The van der Waals surface area contributed by atoms with E-state index in [2.05, 4.69) is 15.6 Å². The Labute approximate surface area is 188 Å². The van der Waals surface area contributed by atoms with Crippen LogP contribution in [0.2, 0.25) is 0 Å². The van der Waals surface area contributed by atoms with Crippen LogP contribution in [0.4, 0.5) is 10.1 Å². The van der Waals surface area contributed by atoms with Crippen LogP contribution in [-0.2, 0) is 17.8 Å². The van der Waals surface area contributed by atoms with Crippen LogP contribution in [0, 0.1) is 5.82 Å². The number of benzene rings is 2. The molecule has 2 aromatic rings. The number of halogens is 2. The maximum absolute atomic E-state index is 13.7. The van der Waals surface area contributed by atoms with Gasteiger partial charge in [0.2, 0.25) is 5.91 Å². The van der Waals surface area contributed by atoms with Crippen molar-refractivity contribution in [2.24, 2.45) is 4.99 Å². The highest BCUT2D eigenvalue weighted by Crippen LogP contribution is 2.21. The number of nitrogens with zero attached hydrogens (tertiary/aromatic N) is 2. The number of guanidine groups is 1. The van der Waals surface area contributed by atoms with Gasteiger partial charge in [-0.15, -0.1) is 24.0 Å². The third kappa shape index (κ3) is 6.69. The zero-order chi connectivity index (χ0) is 19.8. The van der Waals surface area contributed by atoms with Crippen molar-refractivity contribution in [1.29, 1.82) is 0 Å². The van der Waals surface area contributed by atoms with Gasteiger partial charge in [0.15, 0.2) is 5.96 Å². The molecule has 2 aromatic carbocycles. The van der Waals surface area contributed by atoms with Crippen LogP contribution in [0.5, 0.6) is 0 Å². The summed E-state index contributed by atoms with van der Waals surface area (Å²) >= 11 is 0. The van der Waals surface area contributed by atoms with Gasteiger partial charge in [0.1, 0.15) is 5.82 Å². The maximum Gasteiger partial charge on any atom is 0.226 e. The highest BCUT2D eigenvalue weighted by Gasteiger charge is 2.19. The molecule has 0 atom stereocenters. The third-order valence-electron chi connectivity index (χ3n) is 4.90. The molecule has 2 N–H and O–H groups in total. The molecule has 156 valence electrons. The van der Waals surface area contributed by atoms with Crippen molar-refractivity contribution in [2.75, 3.05) is 25.0 Å². The van der Waals surface area contributed by atoms with Crippen LogP contribution < -0.4 is 15.5 Å². The fraction of sp³-hybridized carbons (Fsp3) is 0.364. The lowest BCUT2D eigenvalue weighted by Gasteiger charge is -2.26. The Morgan fingerprint density at radius 1 is 1.10 bits per heavy atom. The summed E-state index contributed by atoms with van der Waals surface area (Å²) in [5, 5.41) is 6.46. The Bertz CT molecular complexity index is 826. The van der Waals surface area contributed by atoms with Crippen molar-refractivity contribution in [1.82, 2.24) is 10.6 Å². The molecule has 3 rings (SSSR count). The molecule has 0 bridgehead atoms. The average molecular weight is 510 g/mol. The lowest BCUT2D eigenvalue weighted by atomic mass is 10.1. The number of aliphatic imine (C=N–C) groups is 1. The van der Waals surface area contributed by atoms with Gasteiger partial charge in [0.25, 0.3) is 0 Å². The molecule has 0 aliphatic carbocycles. The average Bonchev–Trinajstić information content (AvgIpc) is 2.73. The summed E-state index contributed by atoms with van der Waals surface area (Å²) in [5.41, 5.74) is 2.75. The quantitative estimate of drug-likeness (QED) is 0.353. The number of amides is 1. The van der Waals surface area contributed by atoms with Gasteiger partial charge < -0.3 is 15.5 Å². The second-order valence-corrected chi connectivity index (χ2v) is 6.86. The molecule has 5 nitrogen and oxygen atoms in total. The van der Waals surface area contributed by atoms with E-state index in [1.54, 1.807) is 19.2 Å². The Morgan fingerprint density at radius 3 is 2.55 bits per heavy atom. The van der Waals surface area contributed by atoms with Crippen molar-refractivity contribution in [3.05, 3.63) is 65.5 Å².